The Hall–Kier alpha value is -2.38. The summed E-state index contributed by atoms with van der Waals surface area (Å²) in [5.41, 5.74) is 10.4. The predicted molar refractivity (Wildman–Crippen MR) is 101 cm³/mol. The molecular weight excluding hydrogens is 336 g/mol. The molecule has 1 saturated heterocycles. The highest BCUT2D eigenvalue weighted by molar-refractivity contribution is 7.11. The number of fused-ring (bicyclic) bond motifs is 1. The van der Waals surface area contributed by atoms with E-state index in [9.17, 15) is 0 Å². The third kappa shape index (κ3) is 3.01. The first-order valence-electron chi connectivity index (χ1n) is 8.21. The lowest BCUT2D eigenvalue weighted by Gasteiger charge is -2.31. The Morgan fingerprint density at radius 1 is 1.32 bits per heavy atom. The monoisotopic (exact) mass is 356 g/mol. The molecule has 25 heavy (non-hydrogen) atoms. The van der Waals surface area contributed by atoms with Crippen molar-refractivity contribution in [1.82, 2.24) is 9.36 Å². The molecule has 130 valence electrons. The van der Waals surface area contributed by atoms with Crippen molar-refractivity contribution >= 4 is 33.3 Å². The minimum atomic E-state index is 0.229. The molecule has 1 unspecified atom stereocenters. The zero-order valence-corrected chi connectivity index (χ0v) is 15.0. The average molecular weight is 356 g/mol. The molecule has 6 nitrogen and oxygen atoms in total. The number of morpholine rings is 1. The van der Waals surface area contributed by atoms with Crippen LogP contribution in [0, 0.1) is 0 Å². The van der Waals surface area contributed by atoms with E-state index in [0.29, 0.717) is 11.4 Å². The maximum absolute atomic E-state index is 5.90. The zero-order chi connectivity index (χ0) is 17.4. The average Bonchev–Trinajstić information content (AvgIpc) is 3.05. The van der Waals surface area contributed by atoms with E-state index in [0.717, 1.165) is 46.9 Å². The smallest absolute Gasteiger partial charge is 0.142 e. The first-order valence-corrected chi connectivity index (χ1v) is 8.99. The van der Waals surface area contributed by atoms with Crippen molar-refractivity contribution in [3.63, 3.8) is 0 Å². The van der Waals surface area contributed by atoms with Crippen LogP contribution < -0.4 is 15.4 Å². The molecule has 1 aromatic carbocycles. The number of ether oxygens (including phenoxy) is 2. The van der Waals surface area contributed by atoms with Crippen molar-refractivity contribution in [1.29, 1.82) is 0 Å². The van der Waals surface area contributed by atoms with E-state index in [2.05, 4.69) is 27.2 Å². The second-order valence-electron chi connectivity index (χ2n) is 6.16. The molecule has 1 fully saturated rings. The van der Waals surface area contributed by atoms with Gasteiger partial charge in [-0.05, 0) is 42.2 Å². The number of benzene rings is 1. The van der Waals surface area contributed by atoms with Crippen LogP contribution in [0.5, 0.6) is 5.75 Å². The van der Waals surface area contributed by atoms with Crippen LogP contribution in [-0.2, 0) is 4.74 Å². The van der Waals surface area contributed by atoms with Gasteiger partial charge in [-0.1, -0.05) is 6.07 Å². The van der Waals surface area contributed by atoms with Crippen molar-refractivity contribution in [2.24, 2.45) is 0 Å². The van der Waals surface area contributed by atoms with Gasteiger partial charge < -0.3 is 20.1 Å². The largest absolute Gasteiger partial charge is 0.495 e. The standard InChI is InChI=1S/C18H20N4O2S/c1-11-10-22(5-6-24-11)18-17-15(21-25-18)7-13(9-20-17)12-3-4-14(19)16(8-12)23-2/h3-4,7-9,11H,5-6,10,19H2,1-2H3. The maximum Gasteiger partial charge on any atom is 0.142 e. The summed E-state index contributed by atoms with van der Waals surface area (Å²) in [6.45, 7) is 4.58. The van der Waals surface area contributed by atoms with Crippen LogP contribution in [0.4, 0.5) is 10.7 Å². The molecule has 1 atom stereocenters. The Morgan fingerprint density at radius 2 is 2.20 bits per heavy atom. The summed E-state index contributed by atoms with van der Waals surface area (Å²) in [6, 6.07) is 7.81. The molecule has 0 spiro atoms. The number of hydrogen-bond donors (Lipinski definition) is 1. The second kappa shape index (κ2) is 6.50. The van der Waals surface area contributed by atoms with Gasteiger partial charge in [0.25, 0.3) is 0 Å². The SMILES string of the molecule is COc1cc(-c2cnc3c(N4CCOC(C)C4)snc3c2)ccc1N. The Balaban J connectivity index is 1.70. The Kier molecular flexibility index (Phi) is 4.19. The van der Waals surface area contributed by atoms with Gasteiger partial charge in [-0.3, -0.25) is 4.98 Å². The van der Waals surface area contributed by atoms with Crippen LogP contribution in [-0.4, -0.2) is 42.3 Å². The molecule has 3 heterocycles. The van der Waals surface area contributed by atoms with Crippen molar-refractivity contribution in [2.75, 3.05) is 37.4 Å². The molecule has 0 bridgehead atoms. The van der Waals surface area contributed by atoms with Gasteiger partial charge in [-0.2, -0.15) is 4.37 Å². The molecule has 7 heteroatoms. The van der Waals surface area contributed by atoms with Crippen molar-refractivity contribution in [3.05, 3.63) is 30.5 Å². The van der Waals surface area contributed by atoms with Crippen LogP contribution >= 0.6 is 11.5 Å². The van der Waals surface area contributed by atoms with Crippen LogP contribution in [0.1, 0.15) is 6.92 Å². The van der Waals surface area contributed by atoms with Crippen molar-refractivity contribution in [2.45, 2.75) is 13.0 Å². The minimum Gasteiger partial charge on any atom is -0.495 e. The molecule has 3 aromatic rings. The molecule has 0 radical (unpaired) electrons. The number of rotatable bonds is 3. The number of anilines is 2. The molecule has 2 N–H and O–H groups in total. The topological polar surface area (TPSA) is 73.5 Å². The summed E-state index contributed by atoms with van der Waals surface area (Å²) in [5.74, 6) is 0.666. The Labute approximate surface area is 150 Å². The third-order valence-electron chi connectivity index (χ3n) is 4.40. The summed E-state index contributed by atoms with van der Waals surface area (Å²) >= 11 is 1.50. The van der Waals surface area contributed by atoms with E-state index < -0.39 is 0 Å². The minimum absolute atomic E-state index is 0.229. The van der Waals surface area contributed by atoms with E-state index in [1.165, 1.54) is 11.5 Å². The molecular formula is C18H20N4O2S. The number of nitrogen functional groups attached to an aromatic ring is 1. The van der Waals surface area contributed by atoms with Crippen LogP contribution in [0.2, 0.25) is 0 Å². The normalized spacial score (nSPS) is 17.8. The first-order chi connectivity index (χ1) is 12.2. The van der Waals surface area contributed by atoms with E-state index >= 15 is 0 Å². The van der Waals surface area contributed by atoms with E-state index in [4.69, 9.17) is 15.2 Å². The molecule has 4 rings (SSSR count). The van der Waals surface area contributed by atoms with Crippen molar-refractivity contribution < 1.29 is 9.47 Å². The first kappa shape index (κ1) is 16.1. The van der Waals surface area contributed by atoms with E-state index in [1.54, 1.807) is 7.11 Å². The molecule has 0 aliphatic carbocycles. The summed E-state index contributed by atoms with van der Waals surface area (Å²) in [6.07, 6.45) is 2.11. The van der Waals surface area contributed by atoms with Crippen LogP contribution in [0.15, 0.2) is 30.5 Å². The zero-order valence-electron chi connectivity index (χ0n) is 14.2. The third-order valence-corrected chi connectivity index (χ3v) is 5.31. The number of hydrogen-bond acceptors (Lipinski definition) is 7. The van der Waals surface area contributed by atoms with Gasteiger partial charge in [-0.25, -0.2) is 0 Å². The van der Waals surface area contributed by atoms with Gasteiger partial charge in [0, 0.05) is 24.8 Å². The highest BCUT2D eigenvalue weighted by Crippen LogP contribution is 2.34. The quantitative estimate of drug-likeness (QED) is 0.727. The van der Waals surface area contributed by atoms with Crippen molar-refractivity contribution in [3.8, 4) is 16.9 Å². The summed E-state index contributed by atoms with van der Waals surface area (Å²) in [7, 11) is 1.62. The van der Waals surface area contributed by atoms with E-state index in [1.807, 2.05) is 24.4 Å². The molecule has 1 aliphatic heterocycles. The fraction of sp³-hybridized carbons (Fsp3) is 0.333. The number of methoxy groups -OCH3 is 1. The highest BCUT2D eigenvalue weighted by atomic mass is 32.1. The molecule has 1 aliphatic rings. The lowest BCUT2D eigenvalue weighted by atomic mass is 10.1. The summed E-state index contributed by atoms with van der Waals surface area (Å²) in [4.78, 5) is 7.00. The number of nitrogens with zero attached hydrogens (tertiary/aromatic N) is 3. The van der Waals surface area contributed by atoms with Gasteiger partial charge in [0.05, 0.1) is 25.5 Å². The fourth-order valence-electron chi connectivity index (χ4n) is 3.08. The van der Waals surface area contributed by atoms with Gasteiger partial charge in [0.1, 0.15) is 21.8 Å². The van der Waals surface area contributed by atoms with Gasteiger partial charge >= 0.3 is 0 Å². The highest BCUT2D eigenvalue weighted by Gasteiger charge is 2.21. The predicted octanol–water partition coefficient (Wildman–Crippen LogP) is 3.17. The Morgan fingerprint density at radius 3 is 3.00 bits per heavy atom. The van der Waals surface area contributed by atoms with Crippen LogP contribution in [0.25, 0.3) is 22.2 Å². The summed E-state index contributed by atoms with van der Waals surface area (Å²) < 4.78 is 15.5. The van der Waals surface area contributed by atoms with E-state index in [-0.39, 0.29) is 6.10 Å². The van der Waals surface area contributed by atoms with Gasteiger partial charge in [0.15, 0.2) is 0 Å². The molecule has 2 aromatic heterocycles. The number of pyridine rings is 1. The second-order valence-corrected chi connectivity index (χ2v) is 6.92. The fourth-order valence-corrected chi connectivity index (χ4v) is 3.93. The lowest BCUT2D eigenvalue weighted by Crippen LogP contribution is -2.40. The number of nitrogens with two attached hydrogens (primary N) is 1. The van der Waals surface area contributed by atoms with Crippen LogP contribution in [0.3, 0.4) is 0 Å². The Bertz CT molecular complexity index is 911. The number of aromatic nitrogens is 2. The summed E-state index contributed by atoms with van der Waals surface area (Å²) in [5, 5.41) is 1.12. The van der Waals surface area contributed by atoms with Gasteiger partial charge in [-0.15, -0.1) is 0 Å². The lowest BCUT2D eigenvalue weighted by molar-refractivity contribution is 0.0535. The maximum atomic E-state index is 5.90. The van der Waals surface area contributed by atoms with Gasteiger partial charge in [0.2, 0.25) is 0 Å². The molecule has 0 saturated carbocycles. The molecule has 0 amide bonds.